The number of unbranched alkanes of at least 4 members (excludes halogenated alkanes) is 5. The second kappa shape index (κ2) is 11.3. The van der Waals surface area contributed by atoms with Crippen LogP contribution in [0.4, 0.5) is 0 Å². The zero-order valence-electron chi connectivity index (χ0n) is 15.7. The third kappa shape index (κ3) is 9.45. The van der Waals surface area contributed by atoms with Gasteiger partial charge in [0.2, 0.25) is 0 Å². The Morgan fingerprint density at radius 1 is 0.913 bits per heavy atom. The minimum Gasteiger partial charge on any atom is -0.497 e. The van der Waals surface area contributed by atoms with E-state index in [-0.39, 0.29) is 0 Å². The SMILES string of the molecule is CCCCCCCC[N+](C)(C)CC=CCc1ccc(OC)cc1. The summed E-state index contributed by atoms with van der Waals surface area (Å²) < 4.78 is 6.28. The van der Waals surface area contributed by atoms with Crippen molar-refractivity contribution in [2.24, 2.45) is 0 Å². The number of likely N-dealkylation sites (N-methyl/N-ethyl adjacent to an activating group) is 1. The molecule has 0 fully saturated rings. The predicted molar refractivity (Wildman–Crippen MR) is 101 cm³/mol. The van der Waals surface area contributed by atoms with E-state index in [0.29, 0.717) is 0 Å². The quantitative estimate of drug-likeness (QED) is 0.291. The highest BCUT2D eigenvalue weighted by molar-refractivity contribution is 5.28. The first-order valence-electron chi connectivity index (χ1n) is 9.17. The molecule has 0 bridgehead atoms. The number of rotatable bonds is 12. The zero-order valence-corrected chi connectivity index (χ0v) is 15.7. The van der Waals surface area contributed by atoms with Gasteiger partial charge in [-0.25, -0.2) is 0 Å². The van der Waals surface area contributed by atoms with E-state index >= 15 is 0 Å². The summed E-state index contributed by atoms with van der Waals surface area (Å²) in [4.78, 5) is 0. The fourth-order valence-corrected chi connectivity index (χ4v) is 2.75. The van der Waals surface area contributed by atoms with Crippen molar-refractivity contribution >= 4 is 0 Å². The fourth-order valence-electron chi connectivity index (χ4n) is 2.75. The van der Waals surface area contributed by atoms with Crippen molar-refractivity contribution in [3.05, 3.63) is 42.0 Å². The van der Waals surface area contributed by atoms with Crippen LogP contribution in [-0.4, -0.2) is 38.8 Å². The standard InChI is InChI=1S/C21H36NO/c1-5-6-7-8-9-11-18-22(2,3)19-12-10-13-20-14-16-21(23-4)17-15-20/h10,12,14-17H,5-9,11,13,18-19H2,1-4H3/q+1. The lowest BCUT2D eigenvalue weighted by Gasteiger charge is -2.28. The molecule has 130 valence electrons. The minimum absolute atomic E-state index is 0.925. The molecular weight excluding hydrogens is 282 g/mol. The van der Waals surface area contributed by atoms with Crippen LogP contribution in [0, 0.1) is 0 Å². The molecule has 0 aliphatic carbocycles. The van der Waals surface area contributed by atoms with Crippen molar-refractivity contribution < 1.29 is 9.22 Å². The third-order valence-corrected chi connectivity index (χ3v) is 4.40. The number of hydrogen-bond acceptors (Lipinski definition) is 1. The number of nitrogens with zero attached hydrogens (tertiary/aromatic N) is 1. The van der Waals surface area contributed by atoms with Crippen LogP contribution in [0.5, 0.6) is 5.75 Å². The molecule has 1 rings (SSSR count). The average Bonchev–Trinajstić information content (AvgIpc) is 2.55. The number of quaternary nitrogens is 1. The van der Waals surface area contributed by atoms with Crippen LogP contribution in [0.2, 0.25) is 0 Å². The van der Waals surface area contributed by atoms with Crippen LogP contribution in [0.15, 0.2) is 36.4 Å². The van der Waals surface area contributed by atoms with Gasteiger partial charge in [-0.1, -0.05) is 50.8 Å². The third-order valence-electron chi connectivity index (χ3n) is 4.40. The van der Waals surface area contributed by atoms with Gasteiger partial charge in [-0.15, -0.1) is 0 Å². The van der Waals surface area contributed by atoms with Gasteiger partial charge in [-0.2, -0.15) is 0 Å². The van der Waals surface area contributed by atoms with Gasteiger partial charge in [-0.3, -0.25) is 0 Å². The maximum absolute atomic E-state index is 5.19. The molecule has 0 saturated carbocycles. The summed E-state index contributed by atoms with van der Waals surface area (Å²) in [6.07, 6.45) is 13.9. The van der Waals surface area contributed by atoms with E-state index in [1.54, 1.807) is 7.11 Å². The molecule has 0 heterocycles. The monoisotopic (exact) mass is 318 g/mol. The van der Waals surface area contributed by atoms with Gasteiger partial charge in [0.25, 0.3) is 0 Å². The summed E-state index contributed by atoms with van der Waals surface area (Å²) in [5.74, 6) is 0.925. The summed E-state index contributed by atoms with van der Waals surface area (Å²) >= 11 is 0. The summed E-state index contributed by atoms with van der Waals surface area (Å²) in [6.45, 7) is 4.67. The Morgan fingerprint density at radius 2 is 1.57 bits per heavy atom. The maximum Gasteiger partial charge on any atom is 0.118 e. The predicted octanol–water partition coefficient (Wildman–Crippen LogP) is 5.23. The molecular formula is C21H36NO+. The number of methoxy groups -OCH3 is 1. The van der Waals surface area contributed by atoms with Gasteiger partial charge in [0.05, 0.1) is 34.3 Å². The highest BCUT2D eigenvalue weighted by atomic mass is 16.5. The largest absolute Gasteiger partial charge is 0.497 e. The molecule has 1 aromatic carbocycles. The van der Waals surface area contributed by atoms with Crippen molar-refractivity contribution in [2.75, 3.05) is 34.3 Å². The molecule has 1 aromatic rings. The molecule has 2 nitrogen and oxygen atoms in total. The van der Waals surface area contributed by atoms with Crippen LogP contribution in [0.25, 0.3) is 0 Å². The van der Waals surface area contributed by atoms with Crippen molar-refractivity contribution in [1.29, 1.82) is 0 Å². The van der Waals surface area contributed by atoms with E-state index in [1.165, 1.54) is 50.6 Å². The van der Waals surface area contributed by atoms with Crippen LogP contribution < -0.4 is 4.74 Å². The molecule has 0 aliphatic rings. The number of ether oxygens (including phenoxy) is 1. The molecule has 0 atom stereocenters. The zero-order chi connectivity index (χ0) is 17.0. The first-order chi connectivity index (χ1) is 11.1. The minimum atomic E-state index is 0.925. The Hall–Kier alpha value is -1.28. The molecule has 2 heteroatoms. The van der Waals surface area contributed by atoms with E-state index in [4.69, 9.17) is 4.74 Å². The molecule has 0 amide bonds. The second-order valence-electron chi connectivity index (χ2n) is 7.13. The molecule has 0 aromatic heterocycles. The Kier molecular flexibility index (Phi) is 9.70. The Labute approximate surface area is 143 Å². The topological polar surface area (TPSA) is 9.23 Å². The van der Waals surface area contributed by atoms with Gasteiger partial charge in [0.1, 0.15) is 5.75 Å². The van der Waals surface area contributed by atoms with Crippen LogP contribution in [-0.2, 0) is 6.42 Å². The van der Waals surface area contributed by atoms with Crippen molar-refractivity contribution in [2.45, 2.75) is 51.9 Å². The summed E-state index contributed by atoms with van der Waals surface area (Å²) in [7, 11) is 6.38. The van der Waals surface area contributed by atoms with Gasteiger partial charge >= 0.3 is 0 Å². The van der Waals surface area contributed by atoms with E-state index < -0.39 is 0 Å². The van der Waals surface area contributed by atoms with Crippen molar-refractivity contribution in [3.8, 4) is 5.75 Å². The van der Waals surface area contributed by atoms with Crippen LogP contribution >= 0.6 is 0 Å². The summed E-state index contributed by atoms with van der Waals surface area (Å²) in [5.41, 5.74) is 1.34. The molecule has 0 aliphatic heterocycles. The Bertz CT molecular complexity index is 434. The number of benzene rings is 1. The Balaban J connectivity index is 2.20. The summed E-state index contributed by atoms with van der Waals surface area (Å²) in [6, 6.07) is 8.34. The molecule has 23 heavy (non-hydrogen) atoms. The van der Waals surface area contributed by atoms with E-state index in [0.717, 1.165) is 23.2 Å². The lowest BCUT2D eigenvalue weighted by molar-refractivity contribution is -0.884. The van der Waals surface area contributed by atoms with E-state index in [2.05, 4.69) is 45.3 Å². The molecule has 0 spiro atoms. The van der Waals surface area contributed by atoms with Crippen molar-refractivity contribution in [3.63, 3.8) is 0 Å². The number of allylic oxidation sites excluding steroid dienone is 1. The highest BCUT2D eigenvalue weighted by Gasteiger charge is 2.11. The van der Waals surface area contributed by atoms with Gasteiger partial charge in [-0.05, 0) is 43.0 Å². The normalized spacial score (nSPS) is 12.0. The number of hydrogen-bond donors (Lipinski definition) is 0. The van der Waals surface area contributed by atoms with Crippen LogP contribution in [0.3, 0.4) is 0 Å². The van der Waals surface area contributed by atoms with Crippen LogP contribution in [0.1, 0.15) is 51.0 Å². The fraction of sp³-hybridized carbons (Fsp3) is 0.619. The first-order valence-corrected chi connectivity index (χ1v) is 9.17. The van der Waals surface area contributed by atoms with E-state index in [9.17, 15) is 0 Å². The van der Waals surface area contributed by atoms with E-state index in [1.807, 2.05) is 12.1 Å². The van der Waals surface area contributed by atoms with Crippen molar-refractivity contribution in [1.82, 2.24) is 0 Å². The molecule has 0 saturated heterocycles. The van der Waals surface area contributed by atoms with Gasteiger partial charge < -0.3 is 9.22 Å². The Morgan fingerprint density at radius 3 is 2.22 bits per heavy atom. The summed E-state index contributed by atoms with van der Waals surface area (Å²) in [5, 5.41) is 0. The maximum atomic E-state index is 5.19. The second-order valence-corrected chi connectivity index (χ2v) is 7.13. The van der Waals surface area contributed by atoms with Gasteiger partial charge in [0.15, 0.2) is 0 Å². The highest BCUT2D eigenvalue weighted by Crippen LogP contribution is 2.12. The van der Waals surface area contributed by atoms with Gasteiger partial charge in [0, 0.05) is 0 Å². The first kappa shape index (κ1) is 19.8. The molecule has 0 unspecified atom stereocenters. The molecule has 0 radical (unpaired) electrons. The lowest BCUT2D eigenvalue weighted by Crippen LogP contribution is -2.40. The average molecular weight is 319 g/mol. The molecule has 0 N–H and O–H groups in total. The smallest absolute Gasteiger partial charge is 0.118 e. The lowest BCUT2D eigenvalue weighted by atomic mass is 10.1.